The highest BCUT2D eigenvalue weighted by Crippen LogP contribution is 2.19. The lowest BCUT2D eigenvalue weighted by Crippen LogP contribution is -2.39. The summed E-state index contributed by atoms with van der Waals surface area (Å²) in [4.78, 5) is 0. The topological polar surface area (TPSA) is 35.2 Å². The highest BCUT2D eigenvalue weighted by atomic mass is 16.5. The molecule has 0 aromatic carbocycles. The van der Waals surface area contributed by atoms with Crippen LogP contribution < -0.4 is 5.73 Å². The fourth-order valence-electron chi connectivity index (χ4n) is 1.72. The van der Waals surface area contributed by atoms with Gasteiger partial charge in [0.15, 0.2) is 0 Å². The van der Waals surface area contributed by atoms with Crippen LogP contribution in [0.25, 0.3) is 0 Å². The molecule has 2 unspecified atom stereocenters. The fraction of sp³-hybridized carbons (Fsp3) is 0.818. The standard InChI is InChI=1S/C11H21NO/c1-9(2)7-8-13-11-6-4-3-5-10(11)12/h10-11H,1,3-8,12H2,2H3. The van der Waals surface area contributed by atoms with Gasteiger partial charge in [-0.15, -0.1) is 6.58 Å². The van der Waals surface area contributed by atoms with Crippen molar-refractivity contribution in [3.63, 3.8) is 0 Å². The summed E-state index contributed by atoms with van der Waals surface area (Å²) in [6.07, 6.45) is 6.05. The predicted molar refractivity (Wildman–Crippen MR) is 55.6 cm³/mol. The first-order valence-corrected chi connectivity index (χ1v) is 5.21. The molecule has 1 fully saturated rings. The van der Waals surface area contributed by atoms with Crippen molar-refractivity contribution >= 4 is 0 Å². The van der Waals surface area contributed by atoms with Crippen molar-refractivity contribution < 1.29 is 4.74 Å². The van der Waals surface area contributed by atoms with Crippen LogP contribution >= 0.6 is 0 Å². The molecule has 0 aromatic heterocycles. The zero-order valence-electron chi connectivity index (χ0n) is 8.59. The Labute approximate surface area is 81.1 Å². The van der Waals surface area contributed by atoms with Crippen LogP contribution in [-0.4, -0.2) is 18.8 Å². The SMILES string of the molecule is C=C(C)CCOC1CCCCC1N. The molecule has 1 saturated carbocycles. The lowest BCUT2D eigenvalue weighted by Gasteiger charge is -2.28. The Kier molecular flexibility index (Phi) is 4.46. The van der Waals surface area contributed by atoms with Crippen LogP contribution in [0.1, 0.15) is 39.0 Å². The molecule has 2 atom stereocenters. The second-order valence-electron chi connectivity index (χ2n) is 4.06. The van der Waals surface area contributed by atoms with E-state index < -0.39 is 0 Å². The molecule has 0 spiro atoms. The minimum atomic E-state index is 0.263. The Hall–Kier alpha value is -0.340. The minimum absolute atomic E-state index is 0.263. The van der Waals surface area contributed by atoms with E-state index in [9.17, 15) is 0 Å². The zero-order chi connectivity index (χ0) is 9.68. The third-order valence-corrected chi connectivity index (χ3v) is 2.61. The third kappa shape index (κ3) is 3.92. The van der Waals surface area contributed by atoms with Gasteiger partial charge in [-0.2, -0.15) is 0 Å². The lowest BCUT2D eigenvalue weighted by atomic mass is 9.93. The molecule has 0 heterocycles. The van der Waals surface area contributed by atoms with Gasteiger partial charge in [0.25, 0.3) is 0 Å². The number of hydrogen-bond donors (Lipinski definition) is 1. The monoisotopic (exact) mass is 183 g/mol. The maximum Gasteiger partial charge on any atom is 0.0726 e. The maximum absolute atomic E-state index is 5.95. The predicted octanol–water partition coefficient (Wildman–Crippen LogP) is 2.24. The van der Waals surface area contributed by atoms with Gasteiger partial charge in [-0.1, -0.05) is 18.4 Å². The van der Waals surface area contributed by atoms with E-state index in [1.54, 1.807) is 0 Å². The Balaban J connectivity index is 2.15. The van der Waals surface area contributed by atoms with Crippen molar-refractivity contribution in [3.8, 4) is 0 Å². The van der Waals surface area contributed by atoms with Gasteiger partial charge in [-0.05, 0) is 26.2 Å². The first-order chi connectivity index (χ1) is 6.20. The van der Waals surface area contributed by atoms with Crippen LogP contribution in [0.15, 0.2) is 12.2 Å². The second-order valence-corrected chi connectivity index (χ2v) is 4.06. The fourth-order valence-corrected chi connectivity index (χ4v) is 1.72. The molecule has 0 amide bonds. The van der Waals surface area contributed by atoms with E-state index in [4.69, 9.17) is 10.5 Å². The van der Waals surface area contributed by atoms with E-state index in [1.807, 2.05) is 6.92 Å². The average molecular weight is 183 g/mol. The molecule has 0 aliphatic heterocycles. The summed E-state index contributed by atoms with van der Waals surface area (Å²) in [5.74, 6) is 0. The number of ether oxygens (including phenoxy) is 1. The number of nitrogens with two attached hydrogens (primary N) is 1. The third-order valence-electron chi connectivity index (χ3n) is 2.61. The summed E-state index contributed by atoms with van der Waals surface area (Å²) in [6, 6.07) is 0.263. The molecule has 1 aliphatic carbocycles. The van der Waals surface area contributed by atoms with Gasteiger partial charge in [0.1, 0.15) is 0 Å². The summed E-state index contributed by atoms with van der Waals surface area (Å²) in [5.41, 5.74) is 7.13. The molecule has 2 N–H and O–H groups in total. The van der Waals surface area contributed by atoms with Gasteiger partial charge in [0.05, 0.1) is 12.7 Å². The van der Waals surface area contributed by atoms with Crippen LogP contribution in [0.4, 0.5) is 0 Å². The zero-order valence-corrected chi connectivity index (χ0v) is 8.59. The quantitative estimate of drug-likeness (QED) is 0.678. The normalized spacial score (nSPS) is 28.8. The molecular formula is C11H21NO. The average Bonchev–Trinajstić information content (AvgIpc) is 2.08. The van der Waals surface area contributed by atoms with E-state index in [1.165, 1.54) is 18.4 Å². The molecule has 1 rings (SSSR count). The van der Waals surface area contributed by atoms with Gasteiger partial charge in [-0.3, -0.25) is 0 Å². The Morgan fingerprint density at radius 2 is 2.15 bits per heavy atom. The van der Waals surface area contributed by atoms with Gasteiger partial charge in [0, 0.05) is 6.04 Å². The largest absolute Gasteiger partial charge is 0.376 e. The van der Waals surface area contributed by atoms with Crippen LogP contribution in [0.2, 0.25) is 0 Å². The van der Waals surface area contributed by atoms with Gasteiger partial charge < -0.3 is 10.5 Å². The van der Waals surface area contributed by atoms with E-state index in [-0.39, 0.29) is 6.04 Å². The first-order valence-electron chi connectivity index (χ1n) is 5.21. The van der Waals surface area contributed by atoms with Crippen LogP contribution in [-0.2, 0) is 4.74 Å². The molecule has 0 radical (unpaired) electrons. The highest BCUT2D eigenvalue weighted by molar-refractivity contribution is 4.87. The second kappa shape index (κ2) is 5.40. The summed E-state index contributed by atoms with van der Waals surface area (Å²) in [7, 11) is 0. The van der Waals surface area contributed by atoms with E-state index in [0.717, 1.165) is 25.9 Å². The summed E-state index contributed by atoms with van der Waals surface area (Å²) < 4.78 is 5.72. The molecule has 0 aromatic rings. The van der Waals surface area contributed by atoms with Crippen molar-refractivity contribution in [1.82, 2.24) is 0 Å². The lowest BCUT2D eigenvalue weighted by molar-refractivity contribution is 0.0169. The summed E-state index contributed by atoms with van der Waals surface area (Å²) in [6.45, 7) is 6.66. The van der Waals surface area contributed by atoms with E-state index in [2.05, 4.69) is 6.58 Å². The van der Waals surface area contributed by atoms with Crippen molar-refractivity contribution in [1.29, 1.82) is 0 Å². The van der Waals surface area contributed by atoms with Gasteiger partial charge in [-0.25, -0.2) is 0 Å². The molecule has 13 heavy (non-hydrogen) atoms. The smallest absolute Gasteiger partial charge is 0.0726 e. The molecule has 1 aliphatic rings. The minimum Gasteiger partial charge on any atom is -0.376 e. The molecule has 0 saturated heterocycles. The van der Waals surface area contributed by atoms with Crippen molar-refractivity contribution in [2.75, 3.05) is 6.61 Å². The molecular weight excluding hydrogens is 162 g/mol. The number of hydrogen-bond acceptors (Lipinski definition) is 2. The molecule has 2 nitrogen and oxygen atoms in total. The van der Waals surface area contributed by atoms with Gasteiger partial charge in [0.2, 0.25) is 0 Å². The Bertz CT molecular complexity index is 167. The van der Waals surface area contributed by atoms with Crippen molar-refractivity contribution in [3.05, 3.63) is 12.2 Å². The summed E-state index contributed by atoms with van der Waals surface area (Å²) >= 11 is 0. The summed E-state index contributed by atoms with van der Waals surface area (Å²) in [5, 5.41) is 0. The number of rotatable bonds is 4. The van der Waals surface area contributed by atoms with Crippen LogP contribution in [0.5, 0.6) is 0 Å². The Morgan fingerprint density at radius 3 is 2.77 bits per heavy atom. The molecule has 76 valence electrons. The molecule has 2 heteroatoms. The Morgan fingerprint density at radius 1 is 1.46 bits per heavy atom. The van der Waals surface area contributed by atoms with E-state index >= 15 is 0 Å². The first kappa shape index (κ1) is 10.7. The van der Waals surface area contributed by atoms with E-state index in [0.29, 0.717) is 6.10 Å². The maximum atomic E-state index is 5.95. The van der Waals surface area contributed by atoms with Crippen molar-refractivity contribution in [2.45, 2.75) is 51.2 Å². The highest BCUT2D eigenvalue weighted by Gasteiger charge is 2.21. The van der Waals surface area contributed by atoms with Gasteiger partial charge >= 0.3 is 0 Å². The van der Waals surface area contributed by atoms with Crippen LogP contribution in [0, 0.1) is 0 Å². The van der Waals surface area contributed by atoms with Crippen molar-refractivity contribution in [2.24, 2.45) is 5.73 Å². The van der Waals surface area contributed by atoms with Crippen LogP contribution in [0.3, 0.4) is 0 Å². The molecule has 0 bridgehead atoms.